The molecular weight excluding hydrogens is 352 g/mol. The van der Waals surface area contributed by atoms with E-state index in [0.29, 0.717) is 11.7 Å². The van der Waals surface area contributed by atoms with E-state index in [4.69, 9.17) is 4.74 Å². The van der Waals surface area contributed by atoms with Crippen LogP contribution < -0.4 is 10.4 Å². The van der Waals surface area contributed by atoms with Crippen molar-refractivity contribution in [2.24, 2.45) is 0 Å². The summed E-state index contributed by atoms with van der Waals surface area (Å²) in [5, 5.41) is 7.14. The van der Waals surface area contributed by atoms with Crippen molar-refractivity contribution in [3.8, 4) is 5.75 Å². The van der Waals surface area contributed by atoms with Gasteiger partial charge in [0.25, 0.3) is 0 Å². The highest BCUT2D eigenvalue weighted by Crippen LogP contribution is 2.34. The minimum Gasteiger partial charge on any atom is -0.435 e. The predicted octanol–water partition coefficient (Wildman–Crippen LogP) is 3.21. The summed E-state index contributed by atoms with van der Waals surface area (Å²) >= 11 is 1.42. The molecule has 6 nitrogen and oxygen atoms in total. The van der Waals surface area contributed by atoms with Crippen molar-refractivity contribution in [3.05, 3.63) is 40.3 Å². The highest BCUT2D eigenvalue weighted by Gasteiger charge is 2.21. The summed E-state index contributed by atoms with van der Waals surface area (Å²) in [5.41, 5.74) is 0.664. The summed E-state index contributed by atoms with van der Waals surface area (Å²) < 4.78 is 35.9. The monoisotopic (exact) mass is 371 g/mol. The number of aromatic amines is 1. The fourth-order valence-corrected chi connectivity index (χ4v) is 3.69. The Morgan fingerprint density at radius 1 is 1.44 bits per heavy atom. The van der Waals surface area contributed by atoms with Crippen LogP contribution in [0.3, 0.4) is 0 Å². The van der Waals surface area contributed by atoms with Crippen LogP contribution in [-0.4, -0.2) is 34.1 Å². The molecule has 2 unspecified atom stereocenters. The maximum atomic E-state index is 12.2. The van der Waals surface area contributed by atoms with Crippen molar-refractivity contribution in [2.45, 2.75) is 49.4 Å². The number of benzene rings is 1. The van der Waals surface area contributed by atoms with E-state index < -0.39 is 6.61 Å². The number of hydrogen-bond donors (Lipinski definition) is 1. The lowest BCUT2D eigenvalue weighted by Gasteiger charge is -2.14. The van der Waals surface area contributed by atoms with Crippen molar-refractivity contribution in [2.75, 3.05) is 6.61 Å². The first-order chi connectivity index (χ1) is 12.0. The third-order valence-corrected chi connectivity index (χ3v) is 5.14. The van der Waals surface area contributed by atoms with Gasteiger partial charge in [0.2, 0.25) is 0 Å². The van der Waals surface area contributed by atoms with Gasteiger partial charge in [-0.2, -0.15) is 8.78 Å². The zero-order valence-corrected chi connectivity index (χ0v) is 14.5. The second kappa shape index (κ2) is 8.01. The van der Waals surface area contributed by atoms with E-state index in [-0.39, 0.29) is 22.8 Å². The Labute approximate surface area is 147 Å². The number of aromatic nitrogens is 3. The van der Waals surface area contributed by atoms with Crippen LogP contribution in [0, 0.1) is 0 Å². The first-order valence-electron chi connectivity index (χ1n) is 8.01. The fraction of sp³-hybridized carbons (Fsp3) is 0.500. The van der Waals surface area contributed by atoms with Crippen LogP contribution in [0.5, 0.6) is 5.75 Å². The molecular formula is C16H19F2N3O3S. The minimum atomic E-state index is -2.84. The molecule has 1 aromatic carbocycles. The second-order valence-corrected chi connectivity index (χ2v) is 7.07. The van der Waals surface area contributed by atoms with Crippen LogP contribution in [0.15, 0.2) is 34.2 Å². The number of halogens is 2. The summed E-state index contributed by atoms with van der Waals surface area (Å²) in [4.78, 5) is 12.0. The molecule has 0 saturated carbocycles. The number of alkyl halides is 2. The molecule has 0 bridgehead atoms. The Kier molecular flexibility index (Phi) is 5.74. The molecule has 1 aromatic heterocycles. The number of hydrogen-bond acceptors (Lipinski definition) is 5. The van der Waals surface area contributed by atoms with Gasteiger partial charge in [-0.05, 0) is 37.5 Å². The number of H-pyrrole nitrogens is 1. The molecule has 0 amide bonds. The molecule has 136 valence electrons. The van der Waals surface area contributed by atoms with E-state index in [1.807, 2.05) is 6.92 Å². The molecule has 1 fully saturated rings. The van der Waals surface area contributed by atoms with E-state index in [9.17, 15) is 13.6 Å². The third kappa shape index (κ3) is 4.60. The van der Waals surface area contributed by atoms with Gasteiger partial charge in [-0.1, -0.05) is 23.9 Å². The van der Waals surface area contributed by atoms with E-state index in [0.717, 1.165) is 25.0 Å². The van der Waals surface area contributed by atoms with Gasteiger partial charge in [-0.15, -0.1) is 5.10 Å². The van der Waals surface area contributed by atoms with Crippen molar-refractivity contribution < 1.29 is 18.3 Å². The van der Waals surface area contributed by atoms with E-state index in [2.05, 4.69) is 14.9 Å². The van der Waals surface area contributed by atoms with Gasteiger partial charge in [-0.3, -0.25) is 4.57 Å². The molecule has 0 radical (unpaired) electrons. The van der Waals surface area contributed by atoms with Gasteiger partial charge >= 0.3 is 12.3 Å². The number of rotatable bonds is 7. The van der Waals surface area contributed by atoms with E-state index >= 15 is 0 Å². The first kappa shape index (κ1) is 17.9. The molecule has 1 N–H and O–H groups in total. The van der Waals surface area contributed by atoms with E-state index in [1.165, 1.54) is 23.9 Å². The topological polar surface area (TPSA) is 69.1 Å². The predicted molar refractivity (Wildman–Crippen MR) is 89.2 cm³/mol. The molecule has 2 atom stereocenters. The van der Waals surface area contributed by atoms with Crippen molar-refractivity contribution in [1.29, 1.82) is 0 Å². The van der Waals surface area contributed by atoms with Crippen LogP contribution in [0.2, 0.25) is 0 Å². The number of thioether (sulfide) groups is 1. The van der Waals surface area contributed by atoms with Crippen LogP contribution in [0.1, 0.15) is 30.6 Å². The van der Waals surface area contributed by atoms with Gasteiger partial charge in [0.1, 0.15) is 5.75 Å². The van der Waals surface area contributed by atoms with E-state index in [1.54, 1.807) is 16.7 Å². The number of nitrogens with zero attached hydrogens (tertiary/aromatic N) is 2. The average Bonchev–Trinajstić information content (AvgIpc) is 3.20. The smallest absolute Gasteiger partial charge is 0.387 e. The summed E-state index contributed by atoms with van der Waals surface area (Å²) in [6.07, 6.45) is 1.97. The zero-order chi connectivity index (χ0) is 17.8. The summed E-state index contributed by atoms with van der Waals surface area (Å²) in [5.74, 6) is 0.117. The summed E-state index contributed by atoms with van der Waals surface area (Å²) in [6, 6.07) is 6.46. The Bertz CT molecular complexity index is 742. The van der Waals surface area contributed by atoms with Crippen molar-refractivity contribution in [1.82, 2.24) is 14.8 Å². The average molecular weight is 371 g/mol. The maximum absolute atomic E-state index is 12.2. The number of ether oxygens (including phenoxy) is 2. The summed E-state index contributed by atoms with van der Waals surface area (Å²) in [7, 11) is 0. The standard InChI is InChI=1S/C16H19F2N3O3S/c1-10(11-4-6-12(7-5-11)24-14(17)18)25-16-20-19-15(22)21(16)9-13-3-2-8-23-13/h4-7,10,13-14H,2-3,8-9H2,1H3,(H,19,22). The van der Waals surface area contributed by atoms with Crippen LogP contribution in [0.25, 0.3) is 0 Å². The SMILES string of the molecule is CC(Sc1n[nH]c(=O)n1CC1CCCO1)c1ccc(OC(F)F)cc1. The van der Waals surface area contributed by atoms with Crippen LogP contribution >= 0.6 is 11.8 Å². The molecule has 0 spiro atoms. The molecule has 1 aliphatic heterocycles. The van der Waals surface area contributed by atoms with Gasteiger partial charge in [-0.25, -0.2) is 9.89 Å². The lowest BCUT2D eigenvalue weighted by atomic mass is 10.2. The molecule has 25 heavy (non-hydrogen) atoms. The molecule has 1 saturated heterocycles. The normalized spacial score (nSPS) is 18.6. The Hall–Kier alpha value is -1.87. The molecule has 0 aliphatic carbocycles. The Morgan fingerprint density at radius 3 is 2.84 bits per heavy atom. The highest BCUT2D eigenvalue weighted by atomic mass is 32.2. The molecule has 3 rings (SSSR count). The largest absolute Gasteiger partial charge is 0.435 e. The minimum absolute atomic E-state index is 0.0148. The quantitative estimate of drug-likeness (QED) is 0.757. The lowest BCUT2D eigenvalue weighted by Crippen LogP contribution is -2.25. The van der Waals surface area contributed by atoms with Gasteiger partial charge < -0.3 is 9.47 Å². The molecule has 2 aromatic rings. The van der Waals surface area contributed by atoms with Gasteiger partial charge in [0.05, 0.1) is 12.6 Å². The summed E-state index contributed by atoms with van der Waals surface area (Å²) in [6.45, 7) is 0.326. The fourth-order valence-electron chi connectivity index (χ4n) is 2.69. The van der Waals surface area contributed by atoms with Crippen LogP contribution in [-0.2, 0) is 11.3 Å². The lowest BCUT2D eigenvalue weighted by molar-refractivity contribution is -0.0498. The van der Waals surface area contributed by atoms with Crippen molar-refractivity contribution >= 4 is 11.8 Å². The maximum Gasteiger partial charge on any atom is 0.387 e. The first-order valence-corrected chi connectivity index (χ1v) is 8.89. The molecule has 1 aliphatic rings. The van der Waals surface area contributed by atoms with Gasteiger partial charge in [0, 0.05) is 11.9 Å². The van der Waals surface area contributed by atoms with Crippen LogP contribution in [0.4, 0.5) is 8.78 Å². The Balaban J connectivity index is 1.68. The zero-order valence-electron chi connectivity index (χ0n) is 13.7. The highest BCUT2D eigenvalue weighted by molar-refractivity contribution is 7.99. The molecule has 2 heterocycles. The van der Waals surface area contributed by atoms with Gasteiger partial charge in [0.15, 0.2) is 5.16 Å². The molecule has 9 heteroatoms. The number of nitrogens with one attached hydrogen (secondary N) is 1. The Morgan fingerprint density at radius 2 is 2.20 bits per heavy atom. The van der Waals surface area contributed by atoms with Crippen molar-refractivity contribution in [3.63, 3.8) is 0 Å². The third-order valence-electron chi connectivity index (χ3n) is 3.99. The second-order valence-electron chi connectivity index (χ2n) is 5.76.